The van der Waals surface area contributed by atoms with Gasteiger partial charge in [0.15, 0.2) is 5.60 Å². The first-order valence-corrected chi connectivity index (χ1v) is 12.7. The van der Waals surface area contributed by atoms with E-state index in [1.807, 2.05) is 25.1 Å². The first-order chi connectivity index (χ1) is 15.6. The topological polar surface area (TPSA) is 90.3 Å². The van der Waals surface area contributed by atoms with Gasteiger partial charge in [0.2, 0.25) is 5.91 Å². The Hall–Kier alpha value is -1.49. The summed E-state index contributed by atoms with van der Waals surface area (Å²) in [5.74, 6) is -1.08. The second-order valence-electron chi connectivity index (χ2n) is 10.00. The largest absolute Gasteiger partial charge is 0.394 e. The molecule has 3 aliphatic heterocycles. The van der Waals surface area contributed by atoms with Gasteiger partial charge in [-0.3, -0.25) is 9.59 Å². The number of ether oxygens (including phenoxy) is 1. The highest BCUT2D eigenvalue weighted by molar-refractivity contribution is 14.1. The Morgan fingerprint density at radius 2 is 2.15 bits per heavy atom. The van der Waals surface area contributed by atoms with E-state index in [0.717, 1.165) is 27.7 Å². The number of carbonyl (C=O) groups excluding carboxylic acids is 2. The molecular formula is C25H33IN2O5. The van der Waals surface area contributed by atoms with E-state index >= 15 is 0 Å². The average molecular weight is 568 g/mol. The van der Waals surface area contributed by atoms with Crippen molar-refractivity contribution in [1.29, 1.82) is 0 Å². The van der Waals surface area contributed by atoms with Gasteiger partial charge in [0, 0.05) is 34.1 Å². The summed E-state index contributed by atoms with van der Waals surface area (Å²) in [6.45, 7) is 10.1. The number of hydrogen-bond acceptors (Lipinski definition) is 5. The van der Waals surface area contributed by atoms with E-state index in [-0.39, 0.29) is 36.8 Å². The van der Waals surface area contributed by atoms with E-state index in [4.69, 9.17) is 4.74 Å². The summed E-state index contributed by atoms with van der Waals surface area (Å²) in [6.07, 6.45) is 2.76. The van der Waals surface area contributed by atoms with Crippen molar-refractivity contribution in [3.05, 3.63) is 40.0 Å². The van der Waals surface area contributed by atoms with Crippen LogP contribution >= 0.6 is 22.6 Å². The maximum Gasteiger partial charge on any atom is 0.264 e. The molecule has 33 heavy (non-hydrogen) atoms. The summed E-state index contributed by atoms with van der Waals surface area (Å²) in [7, 11) is 0. The minimum atomic E-state index is -1.27. The van der Waals surface area contributed by atoms with Crippen LogP contribution in [0.5, 0.6) is 0 Å². The number of aliphatic hydroxyl groups is 2. The molecule has 3 aliphatic rings. The monoisotopic (exact) mass is 568 g/mol. The van der Waals surface area contributed by atoms with Gasteiger partial charge in [-0.2, -0.15) is 0 Å². The fraction of sp³-hybridized carbons (Fsp3) is 0.600. The van der Waals surface area contributed by atoms with Crippen molar-refractivity contribution >= 4 is 40.1 Å². The van der Waals surface area contributed by atoms with E-state index in [2.05, 4.69) is 29.2 Å². The SMILES string of the molecule is C=CCN1C(=O)[C@]2(O[C@H](CC(=O)N3CCC[C@H]3CO)[C@@H](C(C)(C)O)[C@@H]2C)c2cc(I)ccc21. The molecular weight excluding hydrogens is 535 g/mol. The van der Waals surface area contributed by atoms with E-state index in [1.54, 1.807) is 29.7 Å². The molecule has 0 aromatic heterocycles. The molecule has 7 nitrogen and oxygen atoms in total. The molecule has 2 saturated heterocycles. The van der Waals surface area contributed by atoms with Crippen molar-refractivity contribution in [3.8, 4) is 0 Å². The summed E-state index contributed by atoms with van der Waals surface area (Å²) in [4.78, 5) is 30.5. The second kappa shape index (κ2) is 8.94. The van der Waals surface area contributed by atoms with Crippen molar-refractivity contribution in [2.24, 2.45) is 11.8 Å². The molecule has 1 spiro atoms. The van der Waals surface area contributed by atoms with Gasteiger partial charge >= 0.3 is 0 Å². The summed E-state index contributed by atoms with van der Waals surface area (Å²) in [5.41, 5.74) is -0.860. The van der Waals surface area contributed by atoms with Gasteiger partial charge in [-0.1, -0.05) is 13.0 Å². The van der Waals surface area contributed by atoms with Crippen molar-refractivity contribution < 1.29 is 24.5 Å². The molecule has 2 N–H and O–H groups in total. The van der Waals surface area contributed by atoms with Crippen LogP contribution in [-0.4, -0.2) is 64.4 Å². The van der Waals surface area contributed by atoms with Gasteiger partial charge < -0.3 is 24.7 Å². The molecule has 180 valence electrons. The molecule has 1 aromatic carbocycles. The zero-order valence-corrected chi connectivity index (χ0v) is 21.6. The average Bonchev–Trinajstić information content (AvgIpc) is 3.39. The lowest BCUT2D eigenvalue weighted by Crippen LogP contribution is -2.46. The first-order valence-electron chi connectivity index (χ1n) is 11.6. The van der Waals surface area contributed by atoms with E-state index in [0.29, 0.717) is 13.1 Å². The Bertz CT molecular complexity index is 961. The summed E-state index contributed by atoms with van der Waals surface area (Å²) in [5, 5.41) is 20.8. The fourth-order valence-corrected chi connectivity index (χ4v) is 6.69. The molecule has 4 rings (SSSR count). The number of rotatable bonds is 6. The van der Waals surface area contributed by atoms with Gasteiger partial charge in [0.1, 0.15) is 0 Å². The third-order valence-electron chi connectivity index (χ3n) is 7.54. The zero-order valence-electron chi connectivity index (χ0n) is 19.5. The predicted molar refractivity (Wildman–Crippen MR) is 134 cm³/mol. The zero-order chi connectivity index (χ0) is 24.1. The van der Waals surface area contributed by atoms with Crippen LogP contribution in [0.3, 0.4) is 0 Å². The number of halogens is 1. The molecule has 1 aromatic rings. The van der Waals surface area contributed by atoms with Crippen LogP contribution in [0.2, 0.25) is 0 Å². The summed E-state index contributed by atoms with van der Waals surface area (Å²) in [6, 6.07) is 5.68. The lowest BCUT2D eigenvalue weighted by molar-refractivity contribution is -0.150. The highest BCUT2D eigenvalue weighted by Gasteiger charge is 2.66. The Labute approximate surface area is 208 Å². The Morgan fingerprint density at radius 3 is 2.79 bits per heavy atom. The van der Waals surface area contributed by atoms with Crippen molar-refractivity contribution in [2.45, 2.75) is 63.4 Å². The molecule has 2 fully saturated rings. The van der Waals surface area contributed by atoms with Crippen LogP contribution in [0.4, 0.5) is 5.69 Å². The lowest BCUT2D eigenvalue weighted by atomic mass is 9.71. The van der Waals surface area contributed by atoms with Gasteiger partial charge in [0.05, 0.1) is 36.5 Å². The van der Waals surface area contributed by atoms with Crippen LogP contribution in [0.15, 0.2) is 30.9 Å². The quantitative estimate of drug-likeness (QED) is 0.407. The maximum atomic E-state index is 13.9. The first kappa shape index (κ1) is 24.6. The predicted octanol–water partition coefficient (Wildman–Crippen LogP) is 2.81. The number of likely N-dealkylation sites (tertiary alicyclic amines) is 1. The summed E-state index contributed by atoms with van der Waals surface area (Å²) >= 11 is 2.22. The number of carbonyl (C=O) groups is 2. The number of hydrogen-bond donors (Lipinski definition) is 2. The van der Waals surface area contributed by atoms with Crippen LogP contribution in [-0.2, 0) is 19.9 Å². The smallest absolute Gasteiger partial charge is 0.264 e. The van der Waals surface area contributed by atoms with Crippen molar-refractivity contribution in [2.75, 3.05) is 24.6 Å². The number of fused-ring (bicyclic) bond motifs is 2. The fourth-order valence-electron chi connectivity index (χ4n) is 6.20. The molecule has 3 heterocycles. The van der Waals surface area contributed by atoms with E-state index < -0.39 is 23.2 Å². The number of nitrogens with zero attached hydrogens (tertiary/aromatic N) is 2. The van der Waals surface area contributed by atoms with Crippen LogP contribution in [0.1, 0.15) is 45.6 Å². The third kappa shape index (κ3) is 3.92. The Balaban J connectivity index is 1.75. The van der Waals surface area contributed by atoms with E-state index in [1.165, 1.54) is 0 Å². The maximum absolute atomic E-state index is 13.9. The number of amides is 2. The van der Waals surface area contributed by atoms with Crippen LogP contribution < -0.4 is 4.90 Å². The molecule has 8 heteroatoms. The van der Waals surface area contributed by atoms with Gasteiger partial charge in [-0.05, 0) is 67.5 Å². The van der Waals surface area contributed by atoms with Gasteiger partial charge in [-0.15, -0.1) is 6.58 Å². The molecule has 0 saturated carbocycles. The molecule has 2 amide bonds. The van der Waals surface area contributed by atoms with Gasteiger partial charge in [0.25, 0.3) is 5.91 Å². The van der Waals surface area contributed by atoms with Gasteiger partial charge in [-0.25, -0.2) is 0 Å². The van der Waals surface area contributed by atoms with Crippen molar-refractivity contribution in [1.82, 2.24) is 4.90 Å². The normalized spacial score (nSPS) is 31.5. The minimum Gasteiger partial charge on any atom is -0.394 e. The Morgan fingerprint density at radius 1 is 1.42 bits per heavy atom. The lowest BCUT2D eigenvalue weighted by Gasteiger charge is -2.34. The van der Waals surface area contributed by atoms with Crippen molar-refractivity contribution in [3.63, 3.8) is 0 Å². The highest BCUT2D eigenvalue weighted by Crippen LogP contribution is 2.58. The molecule has 0 bridgehead atoms. The van der Waals surface area contributed by atoms with E-state index in [9.17, 15) is 19.8 Å². The molecule has 5 atom stereocenters. The Kier molecular flexibility index (Phi) is 6.67. The third-order valence-corrected chi connectivity index (χ3v) is 8.21. The number of benzene rings is 1. The number of aliphatic hydroxyl groups excluding tert-OH is 1. The molecule has 0 radical (unpaired) electrons. The number of anilines is 1. The van der Waals surface area contributed by atoms with Crippen LogP contribution in [0, 0.1) is 15.4 Å². The molecule has 0 aliphatic carbocycles. The second-order valence-corrected chi connectivity index (χ2v) is 11.2. The standard InChI is InChI=1S/C25H33IN2O5/c1-5-10-28-19-9-8-16(26)12-18(19)25(23(28)31)15(2)22(24(3,4)32)20(33-25)13-21(30)27-11-6-7-17(27)14-29/h5,8-9,12,15,17,20,22,29,32H,1,6-7,10-11,13-14H2,2-4H3/t15-,17-,20+,22-,25+/m0/s1. The summed E-state index contributed by atoms with van der Waals surface area (Å²) < 4.78 is 7.62. The highest BCUT2D eigenvalue weighted by atomic mass is 127. The van der Waals surface area contributed by atoms with Crippen LogP contribution in [0.25, 0.3) is 0 Å². The minimum absolute atomic E-state index is 0.0608. The molecule has 0 unspecified atom stereocenters.